The Labute approximate surface area is 118 Å². The predicted octanol–water partition coefficient (Wildman–Crippen LogP) is 2.83. The van der Waals surface area contributed by atoms with Gasteiger partial charge < -0.3 is 11.1 Å². The van der Waals surface area contributed by atoms with E-state index in [1.807, 2.05) is 20.8 Å². The van der Waals surface area contributed by atoms with Crippen LogP contribution in [0, 0.1) is 5.82 Å². The van der Waals surface area contributed by atoms with E-state index in [0.29, 0.717) is 16.3 Å². The van der Waals surface area contributed by atoms with E-state index >= 15 is 0 Å². The number of halogens is 1. The second-order valence-corrected chi connectivity index (χ2v) is 5.61. The average molecular weight is 274 g/mol. The molecule has 2 rings (SSSR count). The van der Waals surface area contributed by atoms with Crippen LogP contribution >= 0.6 is 0 Å². The molecule has 4 heteroatoms. The fourth-order valence-corrected chi connectivity index (χ4v) is 1.93. The van der Waals surface area contributed by atoms with Gasteiger partial charge in [0.1, 0.15) is 5.82 Å². The highest BCUT2D eigenvalue weighted by Gasteiger charge is 2.26. The number of fused-ring (bicyclic) bond motifs is 1. The first kappa shape index (κ1) is 14.5. The molecular weight excluding hydrogens is 255 g/mol. The van der Waals surface area contributed by atoms with E-state index in [1.165, 1.54) is 12.1 Å². The minimum absolute atomic E-state index is 0.196. The molecule has 0 bridgehead atoms. The molecule has 0 aliphatic heterocycles. The largest absolute Gasteiger partial charge is 0.346 e. The fourth-order valence-electron chi connectivity index (χ4n) is 1.93. The molecule has 0 saturated heterocycles. The maximum atomic E-state index is 13.7. The summed E-state index contributed by atoms with van der Waals surface area (Å²) in [6.45, 7) is 5.56. The Balaban J connectivity index is 2.44. The summed E-state index contributed by atoms with van der Waals surface area (Å²) >= 11 is 0. The Hall–Kier alpha value is -1.94. The van der Waals surface area contributed by atoms with Crippen molar-refractivity contribution < 1.29 is 9.18 Å². The molecule has 0 spiro atoms. The van der Waals surface area contributed by atoms with Crippen molar-refractivity contribution in [2.45, 2.75) is 32.4 Å². The third kappa shape index (κ3) is 2.65. The van der Waals surface area contributed by atoms with Gasteiger partial charge in [-0.25, -0.2) is 4.39 Å². The van der Waals surface area contributed by atoms with Crippen molar-refractivity contribution in [2.24, 2.45) is 5.73 Å². The van der Waals surface area contributed by atoms with Crippen LogP contribution in [0.2, 0.25) is 0 Å². The minimum Gasteiger partial charge on any atom is -0.346 e. The third-order valence-electron chi connectivity index (χ3n) is 3.69. The number of nitrogens with one attached hydrogen (secondary N) is 1. The summed E-state index contributed by atoms with van der Waals surface area (Å²) in [4.78, 5) is 12.4. The van der Waals surface area contributed by atoms with Crippen LogP contribution in [0.15, 0.2) is 36.4 Å². The quantitative estimate of drug-likeness (QED) is 0.904. The highest BCUT2D eigenvalue weighted by atomic mass is 19.1. The fraction of sp³-hybridized carbons (Fsp3) is 0.312. The van der Waals surface area contributed by atoms with Crippen molar-refractivity contribution >= 4 is 16.7 Å². The Morgan fingerprint density at radius 3 is 2.40 bits per heavy atom. The molecule has 0 fully saturated rings. The summed E-state index contributed by atoms with van der Waals surface area (Å²) < 4.78 is 13.7. The van der Waals surface area contributed by atoms with Crippen LogP contribution in [0.4, 0.5) is 4.39 Å². The summed E-state index contributed by atoms with van der Waals surface area (Å²) in [6, 6.07) is 9.57. The summed E-state index contributed by atoms with van der Waals surface area (Å²) in [5.74, 6) is -0.577. The van der Waals surface area contributed by atoms with Gasteiger partial charge in [0.05, 0.1) is 0 Å². The van der Waals surface area contributed by atoms with Crippen LogP contribution in [0.25, 0.3) is 10.8 Å². The molecule has 0 aromatic heterocycles. The third-order valence-corrected chi connectivity index (χ3v) is 3.69. The first-order chi connectivity index (χ1) is 9.33. The predicted molar refractivity (Wildman–Crippen MR) is 79.1 cm³/mol. The molecule has 2 aromatic rings. The van der Waals surface area contributed by atoms with Crippen LogP contribution in [0.1, 0.15) is 31.1 Å². The number of amides is 1. The van der Waals surface area contributed by atoms with E-state index < -0.39 is 5.54 Å². The molecule has 2 aromatic carbocycles. The molecule has 1 atom stereocenters. The van der Waals surface area contributed by atoms with Crippen LogP contribution < -0.4 is 11.1 Å². The molecular formula is C16H19FN2O. The number of rotatable bonds is 3. The summed E-state index contributed by atoms with van der Waals surface area (Å²) in [7, 11) is 0. The number of nitrogens with two attached hydrogens (primary N) is 1. The lowest BCUT2D eigenvalue weighted by Gasteiger charge is -2.30. The lowest BCUT2D eigenvalue weighted by Crippen LogP contribution is -2.54. The number of carbonyl (C=O) groups is 1. The molecule has 0 radical (unpaired) electrons. The number of carbonyl (C=O) groups excluding carboxylic acids is 1. The summed E-state index contributed by atoms with van der Waals surface area (Å²) in [6.07, 6.45) is 0. The first-order valence-electron chi connectivity index (χ1n) is 6.58. The highest BCUT2D eigenvalue weighted by molar-refractivity contribution is 6.07. The lowest BCUT2D eigenvalue weighted by atomic mass is 9.95. The molecule has 1 unspecified atom stereocenters. The van der Waals surface area contributed by atoms with Crippen molar-refractivity contribution in [3.8, 4) is 0 Å². The van der Waals surface area contributed by atoms with Crippen molar-refractivity contribution in [3.05, 3.63) is 47.8 Å². The second kappa shape index (κ2) is 5.21. The van der Waals surface area contributed by atoms with E-state index in [1.54, 1.807) is 24.3 Å². The van der Waals surface area contributed by atoms with Crippen molar-refractivity contribution in [3.63, 3.8) is 0 Å². The van der Waals surface area contributed by atoms with Gasteiger partial charge in [-0.3, -0.25) is 4.79 Å². The second-order valence-electron chi connectivity index (χ2n) is 5.61. The van der Waals surface area contributed by atoms with E-state index in [0.717, 1.165) is 0 Å². The van der Waals surface area contributed by atoms with Gasteiger partial charge in [-0.1, -0.05) is 24.3 Å². The van der Waals surface area contributed by atoms with Gasteiger partial charge in [0.2, 0.25) is 0 Å². The average Bonchev–Trinajstić information content (AvgIpc) is 2.38. The Bertz CT molecular complexity index is 650. The topological polar surface area (TPSA) is 55.1 Å². The Morgan fingerprint density at radius 1 is 1.20 bits per heavy atom. The normalized spacial score (nSPS) is 13.2. The van der Waals surface area contributed by atoms with Gasteiger partial charge in [0.15, 0.2) is 0 Å². The van der Waals surface area contributed by atoms with Crippen LogP contribution in [-0.4, -0.2) is 17.5 Å². The summed E-state index contributed by atoms with van der Waals surface area (Å²) in [5, 5.41) is 3.94. The Morgan fingerprint density at radius 2 is 1.80 bits per heavy atom. The van der Waals surface area contributed by atoms with Gasteiger partial charge in [-0.05, 0) is 38.3 Å². The lowest BCUT2D eigenvalue weighted by molar-refractivity contribution is 0.0905. The van der Waals surface area contributed by atoms with Crippen LogP contribution in [0.5, 0.6) is 0 Å². The molecule has 3 N–H and O–H groups in total. The van der Waals surface area contributed by atoms with Gasteiger partial charge in [0, 0.05) is 22.5 Å². The van der Waals surface area contributed by atoms with Gasteiger partial charge in [-0.2, -0.15) is 0 Å². The smallest absolute Gasteiger partial charge is 0.252 e. The number of hydrogen-bond acceptors (Lipinski definition) is 2. The zero-order valence-corrected chi connectivity index (χ0v) is 11.9. The molecule has 106 valence electrons. The van der Waals surface area contributed by atoms with Crippen molar-refractivity contribution in [1.29, 1.82) is 0 Å². The van der Waals surface area contributed by atoms with E-state index in [4.69, 9.17) is 5.73 Å². The van der Waals surface area contributed by atoms with Crippen LogP contribution in [0.3, 0.4) is 0 Å². The highest BCUT2D eigenvalue weighted by Crippen LogP contribution is 2.22. The van der Waals surface area contributed by atoms with Gasteiger partial charge in [0.25, 0.3) is 5.91 Å². The minimum atomic E-state index is -0.535. The van der Waals surface area contributed by atoms with Gasteiger partial charge in [-0.15, -0.1) is 0 Å². The molecule has 0 aliphatic carbocycles. The monoisotopic (exact) mass is 274 g/mol. The number of benzene rings is 2. The van der Waals surface area contributed by atoms with Crippen molar-refractivity contribution in [2.75, 3.05) is 0 Å². The maximum Gasteiger partial charge on any atom is 0.252 e. The van der Waals surface area contributed by atoms with Crippen molar-refractivity contribution in [1.82, 2.24) is 5.32 Å². The molecule has 20 heavy (non-hydrogen) atoms. The zero-order chi connectivity index (χ0) is 14.9. The van der Waals surface area contributed by atoms with Crippen LogP contribution in [-0.2, 0) is 0 Å². The Kier molecular flexibility index (Phi) is 3.77. The first-order valence-corrected chi connectivity index (χ1v) is 6.58. The maximum absolute atomic E-state index is 13.7. The van der Waals surface area contributed by atoms with E-state index in [-0.39, 0.29) is 17.8 Å². The molecule has 0 saturated carbocycles. The van der Waals surface area contributed by atoms with E-state index in [2.05, 4.69) is 5.32 Å². The molecule has 3 nitrogen and oxygen atoms in total. The molecule has 0 aliphatic rings. The molecule has 1 amide bonds. The standard InChI is InChI=1S/C16H19FN2O/c1-10(18)16(2,3)19-15(20)13-8-9-14(17)12-7-5-4-6-11(12)13/h4-10H,18H2,1-3H3,(H,19,20). The van der Waals surface area contributed by atoms with Gasteiger partial charge >= 0.3 is 0 Å². The van der Waals surface area contributed by atoms with E-state index in [9.17, 15) is 9.18 Å². The zero-order valence-electron chi connectivity index (χ0n) is 11.9. The number of hydrogen-bond donors (Lipinski definition) is 2. The molecule has 0 heterocycles. The summed E-state index contributed by atoms with van der Waals surface area (Å²) in [5.41, 5.74) is 5.78. The SMILES string of the molecule is CC(N)C(C)(C)NC(=O)c1ccc(F)c2ccccc12.